The largest absolute Gasteiger partial charge is 0.347 e. The first-order valence-electron chi connectivity index (χ1n) is 9.05. The summed E-state index contributed by atoms with van der Waals surface area (Å²) in [5, 5.41) is 3.90. The van der Waals surface area contributed by atoms with Gasteiger partial charge in [0.2, 0.25) is 5.91 Å². The molecule has 1 amide bonds. The van der Waals surface area contributed by atoms with Gasteiger partial charge in [0.15, 0.2) is 5.96 Å². The molecule has 6 heteroatoms. The molecule has 1 aromatic rings. The van der Waals surface area contributed by atoms with Crippen molar-refractivity contribution in [1.29, 1.82) is 0 Å². The first-order valence-corrected chi connectivity index (χ1v) is 10.1. The molecule has 136 valence electrons. The van der Waals surface area contributed by atoms with E-state index in [9.17, 15) is 4.79 Å². The fraction of sp³-hybridized carbons (Fsp3) is 0.579. The van der Waals surface area contributed by atoms with E-state index in [0.29, 0.717) is 11.2 Å². The van der Waals surface area contributed by atoms with Crippen molar-refractivity contribution < 1.29 is 4.79 Å². The third-order valence-electron chi connectivity index (χ3n) is 4.93. The summed E-state index contributed by atoms with van der Waals surface area (Å²) >= 11 is 2.04. The second-order valence-electron chi connectivity index (χ2n) is 6.92. The number of fused-ring (bicyclic) bond motifs is 1. The highest BCUT2D eigenvalue weighted by Crippen LogP contribution is 2.27. The van der Waals surface area contributed by atoms with Crippen molar-refractivity contribution in [2.45, 2.75) is 25.5 Å². The molecule has 2 heterocycles. The number of hydrogen-bond acceptors (Lipinski definition) is 3. The molecule has 1 aromatic carbocycles. The SMILES string of the molecule is CN=C(NCC(=O)N1CCc2ccccc21)N1CCSC(C(C)C)C1. The Balaban J connectivity index is 1.58. The molecular formula is C19H28N4OS. The molecule has 5 nitrogen and oxygen atoms in total. The van der Waals surface area contributed by atoms with Gasteiger partial charge in [-0.25, -0.2) is 0 Å². The van der Waals surface area contributed by atoms with Gasteiger partial charge in [0.1, 0.15) is 0 Å². The van der Waals surface area contributed by atoms with Crippen LogP contribution < -0.4 is 10.2 Å². The lowest BCUT2D eigenvalue weighted by Gasteiger charge is -2.36. The summed E-state index contributed by atoms with van der Waals surface area (Å²) in [7, 11) is 1.80. The van der Waals surface area contributed by atoms with E-state index in [1.165, 1.54) is 5.56 Å². The number of nitrogens with zero attached hydrogens (tertiary/aromatic N) is 3. The minimum atomic E-state index is 0.109. The van der Waals surface area contributed by atoms with Crippen LogP contribution in [0.2, 0.25) is 0 Å². The number of anilines is 1. The van der Waals surface area contributed by atoms with Gasteiger partial charge in [-0.15, -0.1) is 0 Å². The quantitative estimate of drug-likeness (QED) is 0.663. The molecule has 0 aromatic heterocycles. The van der Waals surface area contributed by atoms with E-state index in [4.69, 9.17) is 0 Å². The molecule has 1 N–H and O–H groups in total. The van der Waals surface area contributed by atoms with Gasteiger partial charge in [-0.05, 0) is 24.0 Å². The Hall–Kier alpha value is -1.69. The number of para-hydroxylation sites is 1. The van der Waals surface area contributed by atoms with Crippen LogP contribution in [0, 0.1) is 5.92 Å². The zero-order valence-electron chi connectivity index (χ0n) is 15.4. The van der Waals surface area contributed by atoms with Crippen molar-refractivity contribution in [3.8, 4) is 0 Å². The smallest absolute Gasteiger partial charge is 0.246 e. The highest BCUT2D eigenvalue weighted by Gasteiger charge is 2.27. The Bertz CT molecular complexity index is 646. The molecule has 1 fully saturated rings. The Labute approximate surface area is 154 Å². The summed E-state index contributed by atoms with van der Waals surface area (Å²) in [5.41, 5.74) is 2.31. The van der Waals surface area contributed by atoms with Gasteiger partial charge in [-0.2, -0.15) is 11.8 Å². The minimum Gasteiger partial charge on any atom is -0.347 e. The van der Waals surface area contributed by atoms with Gasteiger partial charge in [-0.3, -0.25) is 9.79 Å². The molecule has 1 unspecified atom stereocenters. The second kappa shape index (κ2) is 8.13. The molecule has 0 radical (unpaired) electrons. The van der Waals surface area contributed by atoms with Crippen molar-refractivity contribution in [3.63, 3.8) is 0 Å². The number of rotatable bonds is 3. The van der Waals surface area contributed by atoms with Crippen molar-refractivity contribution in [3.05, 3.63) is 29.8 Å². The van der Waals surface area contributed by atoms with Crippen LogP contribution >= 0.6 is 11.8 Å². The third-order valence-corrected chi connectivity index (χ3v) is 6.47. The lowest BCUT2D eigenvalue weighted by atomic mass is 10.1. The van der Waals surface area contributed by atoms with Crippen LogP contribution in [-0.4, -0.2) is 61.0 Å². The van der Waals surface area contributed by atoms with Crippen LogP contribution in [0.4, 0.5) is 5.69 Å². The van der Waals surface area contributed by atoms with E-state index in [-0.39, 0.29) is 12.5 Å². The van der Waals surface area contributed by atoms with Crippen LogP contribution in [0.1, 0.15) is 19.4 Å². The summed E-state index contributed by atoms with van der Waals surface area (Å²) in [6, 6.07) is 8.16. The van der Waals surface area contributed by atoms with Crippen molar-refractivity contribution in [2.24, 2.45) is 10.9 Å². The summed E-state index contributed by atoms with van der Waals surface area (Å²) in [6.07, 6.45) is 0.941. The average molecular weight is 361 g/mol. The highest BCUT2D eigenvalue weighted by molar-refractivity contribution is 8.00. The molecule has 0 bridgehead atoms. The monoisotopic (exact) mass is 360 g/mol. The van der Waals surface area contributed by atoms with Crippen LogP contribution in [0.15, 0.2) is 29.3 Å². The predicted octanol–water partition coefficient (Wildman–Crippen LogP) is 2.22. The topological polar surface area (TPSA) is 47.9 Å². The lowest BCUT2D eigenvalue weighted by Crippen LogP contribution is -2.51. The Morgan fingerprint density at radius 1 is 1.36 bits per heavy atom. The molecule has 0 aliphatic carbocycles. The first kappa shape index (κ1) is 18.1. The van der Waals surface area contributed by atoms with Crippen molar-refractivity contribution in [1.82, 2.24) is 10.2 Å². The van der Waals surface area contributed by atoms with E-state index in [0.717, 1.165) is 43.5 Å². The number of guanidine groups is 1. The Morgan fingerprint density at radius 3 is 2.92 bits per heavy atom. The van der Waals surface area contributed by atoms with E-state index in [1.54, 1.807) is 7.05 Å². The molecular weight excluding hydrogens is 332 g/mol. The van der Waals surface area contributed by atoms with E-state index in [2.05, 4.69) is 35.1 Å². The Morgan fingerprint density at radius 2 is 2.16 bits per heavy atom. The van der Waals surface area contributed by atoms with Gasteiger partial charge in [-0.1, -0.05) is 32.0 Å². The molecule has 25 heavy (non-hydrogen) atoms. The number of hydrogen-bond donors (Lipinski definition) is 1. The number of aliphatic imine (C=N–C) groups is 1. The lowest BCUT2D eigenvalue weighted by molar-refractivity contribution is -0.117. The predicted molar refractivity (Wildman–Crippen MR) is 107 cm³/mol. The van der Waals surface area contributed by atoms with Crippen molar-refractivity contribution in [2.75, 3.05) is 43.9 Å². The van der Waals surface area contributed by atoms with Crippen LogP contribution in [-0.2, 0) is 11.2 Å². The number of amides is 1. The van der Waals surface area contributed by atoms with Crippen LogP contribution in [0.3, 0.4) is 0 Å². The van der Waals surface area contributed by atoms with Gasteiger partial charge < -0.3 is 15.1 Å². The van der Waals surface area contributed by atoms with Crippen molar-refractivity contribution >= 4 is 29.3 Å². The maximum atomic E-state index is 12.7. The highest BCUT2D eigenvalue weighted by atomic mass is 32.2. The average Bonchev–Trinajstić information content (AvgIpc) is 3.06. The fourth-order valence-electron chi connectivity index (χ4n) is 3.45. The van der Waals surface area contributed by atoms with Crippen LogP contribution in [0.5, 0.6) is 0 Å². The van der Waals surface area contributed by atoms with E-state index < -0.39 is 0 Å². The molecule has 1 atom stereocenters. The summed E-state index contributed by atoms with van der Waals surface area (Å²) < 4.78 is 0. The number of carbonyl (C=O) groups excluding carboxylic acids is 1. The minimum absolute atomic E-state index is 0.109. The van der Waals surface area contributed by atoms with Gasteiger partial charge >= 0.3 is 0 Å². The zero-order chi connectivity index (χ0) is 17.8. The maximum Gasteiger partial charge on any atom is 0.246 e. The molecule has 2 aliphatic heterocycles. The van der Waals surface area contributed by atoms with Gasteiger partial charge in [0.25, 0.3) is 0 Å². The molecule has 1 saturated heterocycles. The second-order valence-corrected chi connectivity index (χ2v) is 8.27. The molecule has 0 saturated carbocycles. The fourth-order valence-corrected chi connectivity index (χ4v) is 4.75. The maximum absolute atomic E-state index is 12.7. The first-order chi connectivity index (χ1) is 12.1. The molecule has 0 spiro atoms. The number of nitrogens with one attached hydrogen (secondary N) is 1. The van der Waals surface area contributed by atoms with E-state index in [1.807, 2.05) is 34.9 Å². The van der Waals surface area contributed by atoms with Crippen LogP contribution in [0.25, 0.3) is 0 Å². The van der Waals surface area contributed by atoms with Gasteiger partial charge in [0.05, 0.1) is 6.54 Å². The molecule has 3 rings (SSSR count). The summed E-state index contributed by atoms with van der Waals surface area (Å²) in [4.78, 5) is 21.2. The van der Waals surface area contributed by atoms with E-state index >= 15 is 0 Å². The Kier molecular flexibility index (Phi) is 5.89. The number of benzene rings is 1. The zero-order valence-corrected chi connectivity index (χ0v) is 16.2. The molecule has 2 aliphatic rings. The summed E-state index contributed by atoms with van der Waals surface area (Å²) in [5.74, 6) is 2.70. The normalized spacial score (nSPS) is 20.8. The number of carbonyl (C=O) groups is 1. The standard InChI is InChI=1S/C19H28N4OS/c1-14(2)17-13-22(10-11-25-17)19(20-3)21-12-18(24)23-9-8-15-6-4-5-7-16(15)23/h4-7,14,17H,8-13H2,1-3H3,(H,20,21). The number of thioether (sulfide) groups is 1. The van der Waals surface area contributed by atoms with Gasteiger partial charge in [0, 0.05) is 43.4 Å². The third kappa shape index (κ3) is 4.11. The summed E-state index contributed by atoms with van der Waals surface area (Å²) in [6.45, 7) is 7.57.